The highest BCUT2D eigenvalue weighted by atomic mass is 127. The molecule has 3 rings (SSSR count). The van der Waals surface area contributed by atoms with Crippen LogP contribution in [0.1, 0.15) is 16.8 Å². The van der Waals surface area contributed by atoms with Crippen LogP contribution in [0.25, 0.3) is 0 Å². The van der Waals surface area contributed by atoms with Gasteiger partial charge in [0.15, 0.2) is 23.2 Å². The second-order valence-corrected chi connectivity index (χ2v) is 6.15. The first kappa shape index (κ1) is 24.7. The first-order chi connectivity index (χ1) is 14.2. The lowest BCUT2D eigenvalue weighted by molar-refractivity contribution is -0.142. The van der Waals surface area contributed by atoms with Crippen LogP contribution in [0.5, 0.6) is 17.2 Å². The molecule has 31 heavy (non-hydrogen) atoms. The van der Waals surface area contributed by atoms with Gasteiger partial charge in [-0.3, -0.25) is 9.67 Å². The molecule has 0 spiro atoms. The van der Waals surface area contributed by atoms with Gasteiger partial charge in [-0.05, 0) is 6.07 Å². The fraction of sp³-hybridized carbons (Fsp3) is 0.412. The maximum atomic E-state index is 13.0. The third-order valence-electron chi connectivity index (χ3n) is 4.06. The molecular formula is C17H19F5IN5O3. The number of hydrogen-bond acceptors (Lipinski definition) is 5. The van der Waals surface area contributed by atoms with Crippen LogP contribution in [0.4, 0.5) is 22.0 Å². The van der Waals surface area contributed by atoms with E-state index in [0.717, 1.165) is 4.68 Å². The number of guanidine groups is 1. The van der Waals surface area contributed by atoms with E-state index in [1.165, 1.54) is 32.4 Å². The Morgan fingerprint density at radius 3 is 2.39 bits per heavy atom. The number of fused-ring (bicyclic) bond motifs is 1. The molecule has 0 unspecified atom stereocenters. The van der Waals surface area contributed by atoms with Crippen LogP contribution in [0.2, 0.25) is 0 Å². The molecule has 0 saturated heterocycles. The highest BCUT2D eigenvalue weighted by Gasteiger charge is 2.36. The molecule has 1 aliphatic rings. The molecular weight excluding hydrogens is 544 g/mol. The zero-order valence-electron chi connectivity index (χ0n) is 16.3. The van der Waals surface area contributed by atoms with Crippen LogP contribution in [-0.2, 0) is 26.3 Å². The van der Waals surface area contributed by atoms with Crippen LogP contribution in [0.3, 0.4) is 0 Å². The predicted octanol–water partition coefficient (Wildman–Crippen LogP) is 3.25. The smallest absolute Gasteiger partial charge is 0.435 e. The van der Waals surface area contributed by atoms with Crippen molar-refractivity contribution in [2.75, 3.05) is 13.8 Å². The Morgan fingerprint density at radius 2 is 1.81 bits per heavy atom. The van der Waals surface area contributed by atoms with Gasteiger partial charge in [0, 0.05) is 50.6 Å². The number of aromatic nitrogens is 2. The van der Waals surface area contributed by atoms with Gasteiger partial charge in [0.05, 0.1) is 0 Å². The van der Waals surface area contributed by atoms with E-state index in [2.05, 4.69) is 25.5 Å². The summed E-state index contributed by atoms with van der Waals surface area (Å²) in [5, 5.41) is 9.00. The van der Waals surface area contributed by atoms with Crippen LogP contribution < -0.4 is 24.8 Å². The monoisotopic (exact) mass is 563 g/mol. The molecule has 0 saturated carbocycles. The maximum Gasteiger partial charge on any atom is 0.435 e. The number of ether oxygens (including phenoxy) is 3. The average Bonchev–Trinajstić information content (AvgIpc) is 3.26. The summed E-state index contributed by atoms with van der Waals surface area (Å²) >= 11 is 0. The summed E-state index contributed by atoms with van der Waals surface area (Å²) < 4.78 is 80.5. The van der Waals surface area contributed by atoms with E-state index >= 15 is 0 Å². The lowest BCUT2D eigenvalue weighted by Crippen LogP contribution is -2.36. The standard InChI is InChI=1S/C17H18F5N5O3.HI/c1-23-16(25-6-10-7-27(2)26-14(10)17(20,21)22)24-5-9-3-12-13(29-8-28-12)4-11(9)30-15(18)19;/h3-4,7,15H,5-6,8H2,1-2H3,(H2,23,24,25);1H. The van der Waals surface area contributed by atoms with Crippen molar-refractivity contribution in [1.82, 2.24) is 20.4 Å². The number of hydrogen-bond donors (Lipinski definition) is 2. The number of aryl methyl sites for hydroxylation is 1. The first-order valence-electron chi connectivity index (χ1n) is 8.59. The number of alkyl halides is 5. The van der Waals surface area contributed by atoms with E-state index in [0.29, 0.717) is 11.3 Å². The summed E-state index contributed by atoms with van der Waals surface area (Å²) in [4.78, 5) is 3.92. The molecule has 2 aromatic rings. The largest absolute Gasteiger partial charge is 0.454 e. The summed E-state index contributed by atoms with van der Waals surface area (Å²) in [7, 11) is 2.80. The Balaban J connectivity index is 0.00000341. The van der Waals surface area contributed by atoms with Crippen molar-refractivity contribution in [2.45, 2.75) is 25.9 Å². The molecule has 0 fully saturated rings. The lowest BCUT2D eigenvalue weighted by Gasteiger charge is -2.15. The third kappa shape index (κ3) is 6.24. The van der Waals surface area contributed by atoms with Crippen molar-refractivity contribution in [3.8, 4) is 17.2 Å². The summed E-state index contributed by atoms with van der Waals surface area (Å²) in [6.45, 7) is -3.31. The first-order valence-corrected chi connectivity index (χ1v) is 8.59. The molecule has 1 aliphatic heterocycles. The molecule has 1 aromatic heterocycles. The Bertz CT molecular complexity index is 936. The zero-order chi connectivity index (χ0) is 21.9. The van der Waals surface area contributed by atoms with Crippen molar-refractivity contribution in [3.05, 3.63) is 35.2 Å². The molecule has 0 radical (unpaired) electrons. The number of aliphatic imine (C=N–C) groups is 1. The van der Waals surface area contributed by atoms with Gasteiger partial charge in [-0.1, -0.05) is 0 Å². The Hall–Kier alpha value is -2.52. The minimum atomic E-state index is -4.59. The molecule has 2 N–H and O–H groups in total. The van der Waals surface area contributed by atoms with Gasteiger partial charge in [-0.25, -0.2) is 0 Å². The van der Waals surface area contributed by atoms with Gasteiger partial charge in [0.25, 0.3) is 0 Å². The Morgan fingerprint density at radius 1 is 1.19 bits per heavy atom. The minimum absolute atomic E-state index is 0. The van der Waals surface area contributed by atoms with Crippen molar-refractivity contribution in [2.24, 2.45) is 12.0 Å². The lowest BCUT2D eigenvalue weighted by atomic mass is 10.1. The topological polar surface area (TPSA) is 81.9 Å². The summed E-state index contributed by atoms with van der Waals surface area (Å²) in [6.07, 6.45) is -3.35. The second kappa shape index (κ2) is 10.2. The van der Waals surface area contributed by atoms with Crippen molar-refractivity contribution in [1.29, 1.82) is 0 Å². The number of nitrogens with zero attached hydrogens (tertiary/aromatic N) is 3. The minimum Gasteiger partial charge on any atom is -0.454 e. The van der Waals surface area contributed by atoms with Crippen molar-refractivity contribution < 1.29 is 36.2 Å². The SMILES string of the molecule is CN=C(NCc1cc2c(cc1OC(F)F)OCO2)NCc1cn(C)nc1C(F)(F)F.I. The average molecular weight is 563 g/mol. The van der Waals surface area contributed by atoms with Gasteiger partial charge in [0.1, 0.15) is 5.75 Å². The molecule has 1 aromatic carbocycles. The van der Waals surface area contributed by atoms with Crippen LogP contribution in [0.15, 0.2) is 23.3 Å². The van der Waals surface area contributed by atoms with E-state index < -0.39 is 18.5 Å². The second-order valence-electron chi connectivity index (χ2n) is 6.15. The molecule has 14 heteroatoms. The normalized spacial score (nSPS) is 13.2. The third-order valence-corrected chi connectivity index (χ3v) is 4.06. The maximum absolute atomic E-state index is 13.0. The van der Waals surface area contributed by atoms with Crippen molar-refractivity contribution >= 4 is 29.9 Å². The van der Waals surface area contributed by atoms with Crippen LogP contribution >= 0.6 is 24.0 Å². The summed E-state index contributed by atoms with van der Waals surface area (Å²) in [6, 6.07) is 2.76. The molecule has 0 amide bonds. The van der Waals surface area contributed by atoms with Gasteiger partial charge in [0.2, 0.25) is 6.79 Å². The summed E-state index contributed by atoms with van der Waals surface area (Å²) in [5.74, 6) is 0.658. The Kier molecular flexibility index (Phi) is 8.14. The van der Waals surface area contributed by atoms with E-state index in [4.69, 9.17) is 9.47 Å². The number of nitrogens with one attached hydrogen (secondary N) is 2. The van der Waals surface area contributed by atoms with Crippen molar-refractivity contribution in [3.63, 3.8) is 0 Å². The van der Waals surface area contributed by atoms with Crippen LogP contribution in [0, 0.1) is 0 Å². The summed E-state index contributed by atoms with van der Waals surface area (Å²) in [5.41, 5.74) is -0.756. The van der Waals surface area contributed by atoms with Gasteiger partial charge < -0.3 is 24.8 Å². The molecule has 0 bridgehead atoms. The predicted molar refractivity (Wildman–Crippen MR) is 110 cm³/mol. The number of rotatable bonds is 6. The molecule has 2 heterocycles. The fourth-order valence-corrected chi connectivity index (χ4v) is 2.79. The molecule has 8 nitrogen and oxygen atoms in total. The highest BCUT2D eigenvalue weighted by molar-refractivity contribution is 14.0. The number of benzene rings is 1. The highest BCUT2D eigenvalue weighted by Crippen LogP contribution is 2.38. The van der Waals surface area contributed by atoms with E-state index in [1.807, 2.05) is 0 Å². The van der Waals surface area contributed by atoms with E-state index in [9.17, 15) is 22.0 Å². The molecule has 0 aliphatic carbocycles. The fourth-order valence-electron chi connectivity index (χ4n) is 2.79. The molecule has 0 atom stereocenters. The quantitative estimate of drug-likeness (QED) is 0.243. The van der Waals surface area contributed by atoms with Gasteiger partial charge >= 0.3 is 12.8 Å². The molecule has 172 valence electrons. The zero-order valence-corrected chi connectivity index (χ0v) is 18.6. The van der Waals surface area contributed by atoms with E-state index in [-0.39, 0.29) is 66.9 Å². The van der Waals surface area contributed by atoms with E-state index in [1.54, 1.807) is 0 Å². The van der Waals surface area contributed by atoms with Gasteiger partial charge in [-0.2, -0.15) is 27.1 Å². The number of halogens is 6. The Labute approximate surface area is 190 Å². The van der Waals surface area contributed by atoms with Crippen LogP contribution in [-0.4, -0.2) is 36.2 Å². The van der Waals surface area contributed by atoms with Gasteiger partial charge in [-0.15, -0.1) is 24.0 Å².